The maximum atomic E-state index is 12.4. The molecule has 1 N–H and O–H groups in total. The molecular formula is C16H14Cl2N2O3S. The molecule has 0 spiro atoms. The fraction of sp³-hybridized carbons (Fsp3) is 0.188. The van der Waals surface area contributed by atoms with Gasteiger partial charge < -0.3 is 5.32 Å². The Morgan fingerprint density at radius 1 is 1.08 bits per heavy atom. The van der Waals surface area contributed by atoms with Gasteiger partial charge in [-0.25, -0.2) is 8.42 Å². The molecule has 2 aromatic rings. The van der Waals surface area contributed by atoms with Gasteiger partial charge in [-0.1, -0.05) is 29.3 Å². The molecule has 1 fully saturated rings. The Balaban J connectivity index is 1.83. The van der Waals surface area contributed by atoms with E-state index in [9.17, 15) is 13.2 Å². The van der Waals surface area contributed by atoms with Gasteiger partial charge in [0.2, 0.25) is 10.0 Å². The Kier molecular flexibility index (Phi) is 4.71. The molecule has 8 heteroatoms. The van der Waals surface area contributed by atoms with Crippen LogP contribution in [0.1, 0.15) is 16.8 Å². The average Bonchev–Trinajstić information content (AvgIpc) is 2.90. The Bertz CT molecular complexity index is 900. The van der Waals surface area contributed by atoms with Gasteiger partial charge in [-0.3, -0.25) is 9.10 Å². The molecule has 1 aliphatic rings. The van der Waals surface area contributed by atoms with Crippen molar-refractivity contribution in [3.63, 3.8) is 0 Å². The summed E-state index contributed by atoms with van der Waals surface area (Å²) in [5.41, 5.74) is 1.36. The van der Waals surface area contributed by atoms with Gasteiger partial charge in [0, 0.05) is 17.8 Å². The molecule has 0 atom stereocenters. The molecule has 3 rings (SSSR count). The van der Waals surface area contributed by atoms with E-state index in [4.69, 9.17) is 23.2 Å². The van der Waals surface area contributed by atoms with E-state index in [1.54, 1.807) is 42.5 Å². The van der Waals surface area contributed by atoms with Crippen molar-refractivity contribution in [1.82, 2.24) is 0 Å². The number of nitrogens with zero attached hydrogens (tertiary/aromatic N) is 1. The standard InChI is InChI=1S/C16H14Cl2N2O3S/c17-14-6-5-12(10-15(14)18)19-16(21)11-3-1-4-13(9-11)20-7-2-8-24(20,22)23/h1,3-6,9-10H,2,7-8H2,(H,19,21). The van der Waals surface area contributed by atoms with E-state index in [2.05, 4.69) is 5.32 Å². The highest BCUT2D eigenvalue weighted by Gasteiger charge is 2.28. The van der Waals surface area contributed by atoms with Gasteiger partial charge in [0.05, 0.1) is 21.5 Å². The monoisotopic (exact) mass is 384 g/mol. The Morgan fingerprint density at radius 3 is 2.54 bits per heavy atom. The summed E-state index contributed by atoms with van der Waals surface area (Å²) in [4.78, 5) is 12.4. The van der Waals surface area contributed by atoms with Crippen LogP contribution in [0.3, 0.4) is 0 Å². The summed E-state index contributed by atoms with van der Waals surface area (Å²) in [7, 11) is -3.28. The predicted octanol–water partition coefficient (Wildman–Crippen LogP) is 3.79. The maximum absolute atomic E-state index is 12.4. The van der Waals surface area contributed by atoms with Gasteiger partial charge in [0.25, 0.3) is 5.91 Å². The lowest BCUT2D eigenvalue weighted by molar-refractivity contribution is 0.102. The van der Waals surface area contributed by atoms with Crippen molar-refractivity contribution in [2.75, 3.05) is 21.9 Å². The molecule has 1 amide bonds. The molecular weight excluding hydrogens is 371 g/mol. The average molecular weight is 385 g/mol. The lowest BCUT2D eigenvalue weighted by Crippen LogP contribution is -2.25. The summed E-state index contributed by atoms with van der Waals surface area (Å²) in [5, 5.41) is 3.45. The summed E-state index contributed by atoms with van der Waals surface area (Å²) in [6.07, 6.45) is 0.585. The number of hydrogen-bond acceptors (Lipinski definition) is 3. The summed E-state index contributed by atoms with van der Waals surface area (Å²) in [6, 6.07) is 11.3. The van der Waals surface area contributed by atoms with Crippen LogP contribution in [-0.4, -0.2) is 26.6 Å². The summed E-state index contributed by atoms with van der Waals surface area (Å²) in [5.74, 6) is -0.223. The molecule has 1 saturated heterocycles. The van der Waals surface area contributed by atoms with Gasteiger partial charge in [-0.05, 0) is 42.8 Å². The first-order valence-corrected chi connectivity index (χ1v) is 9.60. The highest BCUT2D eigenvalue weighted by atomic mass is 35.5. The van der Waals surface area contributed by atoms with Crippen LogP contribution in [0.25, 0.3) is 0 Å². The number of anilines is 2. The van der Waals surface area contributed by atoms with E-state index in [1.807, 2.05) is 0 Å². The number of halogens is 2. The SMILES string of the molecule is O=C(Nc1ccc(Cl)c(Cl)c1)c1cccc(N2CCCS2(=O)=O)c1. The molecule has 0 aromatic heterocycles. The molecule has 0 unspecified atom stereocenters. The largest absolute Gasteiger partial charge is 0.322 e. The predicted molar refractivity (Wildman–Crippen MR) is 96.6 cm³/mol. The van der Waals surface area contributed by atoms with Crippen LogP contribution in [0.15, 0.2) is 42.5 Å². The minimum Gasteiger partial charge on any atom is -0.322 e. The molecule has 0 aliphatic carbocycles. The van der Waals surface area contributed by atoms with Gasteiger partial charge >= 0.3 is 0 Å². The summed E-state index contributed by atoms with van der Waals surface area (Å²) >= 11 is 11.8. The highest BCUT2D eigenvalue weighted by molar-refractivity contribution is 7.93. The lowest BCUT2D eigenvalue weighted by Gasteiger charge is -2.17. The Morgan fingerprint density at radius 2 is 1.88 bits per heavy atom. The van der Waals surface area contributed by atoms with Crippen molar-refractivity contribution in [2.24, 2.45) is 0 Å². The fourth-order valence-corrected chi connectivity index (χ4v) is 4.36. The number of amides is 1. The van der Waals surface area contributed by atoms with Crippen LogP contribution < -0.4 is 9.62 Å². The number of benzene rings is 2. The third-order valence-electron chi connectivity index (χ3n) is 3.67. The van der Waals surface area contributed by atoms with Gasteiger partial charge in [-0.15, -0.1) is 0 Å². The second-order valence-electron chi connectivity index (χ2n) is 5.38. The molecule has 0 bridgehead atoms. The number of hydrogen-bond donors (Lipinski definition) is 1. The van der Waals surface area contributed by atoms with Crippen molar-refractivity contribution in [3.05, 3.63) is 58.1 Å². The maximum Gasteiger partial charge on any atom is 0.255 e. The first-order valence-electron chi connectivity index (χ1n) is 7.24. The Hall–Kier alpha value is -1.76. The molecule has 24 heavy (non-hydrogen) atoms. The van der Waals surface area contributed by atoms with Crippen molar-refractivity contribution in [3.8, 4) is 0 Å². The zero-order chi connectivity index (χ0) is 17.3. The molecule has 2 aromatic carbocycles. The van der Waals surface area contributed by atoms with E-state index in [-0.39, 0.29) is 11.7 Å². The van der Waals surface area contributed by atoms with Crippen LogP contribution in [0.2, 0.25) is 10.0 Å². The van der Waals surface area contributed by atoms with E-state index in [0.29, 0.717) is 39.9 Å². The van der Waals surface area contributed by atoms with Crippen molar-refractivity contribution >= 4 is 50.5 Å². The van der Waals surface area contributed by atoms with Gasteiger partial charge in [-0.2, -0.15) is 0 Å². The van der Waals surface area contributed by atoms with Crippen molar-refractivity contribution in [1.29, 1.82) is 0 Å². The van der Waals surface area contributed by atoms with E-state index in [0.717, 1.165) is 0 Å². The first kappa shape index (κ1) is 17.1. The zero-order valence-electron chi connectivity index (χ0n) is 12.5. The molecule has 126 valence electrons. The van der Waals surface area contributed by atoms with E-state index >= 15 is 0 Å². The topological polar surface area (TPSA) is 66.5 Å². The molecule has 1 heterocycles. The van der Waals surface area contributed by atoms with Crippen LogP contribution in [0, 0.1) is 0 Å². The van der Waals surface area contributed by atoms with Crippen LogP contribution in [0.4, 0.5) is 11.4 Å². The fourth-order valence-electron chi connectivity index (χ4n) is 2.51. The highest BCUT2D eigenvalue weighted by Crippen LogP contribution is 2.27. The number of carbonyl (C=O) groups excluding carboxylic acids is 1. The molecule has 0 radical (unpaired) electrons. The third kappa shape index (κ3) is 3.50. The normalized spacial score (nSPS) is 16.2. The van der Waals surface area contributed by atoms with Crippen LogP contribution in [0.5, 0.6) is 0 Å². The molecule has 0 saturated carbocycles. The van der Waals surface area contributed by atoms with Crippen LogP contribution >= 0.6 is 23.2 Å². The number of rotatable bonds is 3. The van der Waals surface area contributed by atoms with Crippen LogP contribution in [-0.2, 0) is 10.0 Å². The summed E-state index contributed by atoms with van der Waals surface area (Å²) in [6.45, 7) is 0.431. The molecule has 1 aliphatic heterocycles. The smallest absolute Gasteiger partial charge is 0.255 e. The quantitative estimate of drug-likeness (QED) is 0.875. The second-order valence-corrected chi connectivity index (χ2v) is 8.20. The first-order chi connectivity index (χ1) is 11.4. The van der Waals surface area contributed by atoms with E-state index in [1.165, 1.54) is 4.31 Å². The minimum absolute atomic E-state index is 0.132. The zero-order valence-corrected chi connectivity index (χ0v) is 14.8. The summed E-state index contributed by atoms with van der Waals surface area (Å²) < 4.78 is 25.3. The van der Waals surface area contributed by atoms with Gasteiger partial charge in [0.15, 0.2) is 0 Å². The molecule has 5 nitrogen and oxygen atoms in total. The van der Waals surface area contributed by atoms with E-state index < -0.39 is 10.0 Å². The number of sulfonamides is 1. The number of nitrogens with one attached hydrogen (secondary N) is 1. The van der Waals surface area contributed by atoms with Crippen molar-refractivity contribution < 1.29 is 13.2 Å². The third-order valence-corrected chi connectivity index (χ3v) is 6.28. The van der Waals surface area contributed by atoms with Gasteiger partial charge in [0.1, 0.15) is 0 Å². The second kappa shape index (κ2) is 6.63. The number of carbonyl (C=O) groups is 1. The minimum atomic E-state index is -3.28. The van der Waals surface area contributed by atoms with Crippen molar-refractivity contribution in [2.45, 2.75) is 6.42 Å². The lowest BCUT2D eigenvalue weighted by atomic mass is 10.1. The Labute approximate surface area is 150 Å².